The zero-order chi connectivity index (χ0) is 17.2. The Kier molecular flexibility index (Phi) is 16.9. The fourth-order valence-electron chi connectivity index (χ4n) is 2.66. The van der Waals surface area contributed by atoms with Crippen molar-refractivity contribution in [2.45, 2.75) is 96.5 Å². The van der Waals surface area contributed by atoms with Crippen LogP contribution in [-0.2, 0) is 14.3 Å². The van der Waals surface area contributed by atoms with Crippen LogP contribution in [0, 0.1) is 0 Å². The van der Waals surface area contributed by atoms with Gasteiger partial charge in [-0.2, -0.15) is 0 Å². The molecule has 0 amide bonds. The van der Waals surface area contributed by atoms with Crippen LogP contribution in [0.15, 0.2) is 12.2 Å². The molecule has 3 heteroatoms. The summed E-state index contributed by atoms with van der Waals surface area (Å²) in [6.45, 7) is 2.25. The first-order valence-corrected chi connectivity index (χ1v) is 9.49. The molecule has 0 saturated heterocycles. The smallest absolute Gasteiger partial charge is 0.305 e. The first-order valence-electron chi connectivity index (χ1n) is 9.49. The number of carbonyl (C=O) groups is 1. The van der Waals surface area contributed by atoms with Gasteiger partial charge in [-0.25, -0.2) is 0 Å². The van der Waals surface area contributed by atoms with Crippen molar-refractivity contribution in [2.75, 3.05) is 14.2 Å². The van der Waals surface area contributed by atoms with E-state index < -0.39 is 0 Å². The lowest BCUT2D eigenvalue weighted by atomic mass is 10.1. The maximum absolute atomic E-state index is 11.0. The Labute approximate surface area is 143 Å². The number of methoxy groups -OCH3 is 2. The standard InChI is InChI=1S/C20H38O3/c1-4-5-6-13-16-19(22-2)17-14-11-9-7-8-10-12-15-18-20(21)23-3/h11,14,19H,4-10,12-13,15-18H2,1-3H3/b14-11-/t19-/m1/s1. The molecule has 0 aromatic rings. The van der Waals surface area contributed by atoms with Crippen LogP contribution in [0.1, 0.15) is 90.4 Å². The fourth-order valence-corrected chi connectivity index (χ4v) is 2.66. The number of rotatable bonds is 16. The summed E-state index contributed by atoms with van der Waals surface area (Å²) in [5, 5.41) is 0. The number of unbranched alkanes of at least 4 members (excludes halogenated alkanes) is 8. The molecule has 0 saturated carbocycles. The van der Waals surface area contributed by atoms with E-state index in [1.165, 1.54) is 58.5 Å². The number of hydrogen-bond acceptors (Lipinski definition) is 3. The Bertz CT molecular complexity index is 287. The molecule has 0 aliphatic heterocycles. The van der Waals surface area contributed by atoms with Crippen molar-refractivity contribution in [3.63, 3.8) is 0 Å². The molecule has 0 bridgehead atoms. The molecule has 0 aliphatic rings. The molecule has 0 aromatic heterocycles. The number of ether oxygens (including phenoxy) is 2. The van der Waals surface area contributed by atoms with Crippen molar-refractivity contribution >= 4 is 5.97 Å². The third-order valence-corrected chi connectivity index (χ3v) is 4.26. The summed E-state index contributed by atoms with van der Waals surface area (Å²) in [4.78, 5) is 11.0. The second-order valence-electron chi connectivity index (χ2n) is 6.30. The second-order valence-corrected chi connectivity index (χ2v) is 6.30. The molecule has 3 nitrogen and oxygen atoms in total. The predicted octanol–water partition coefficient (Wildman–Crippen LogP) is 5.82. The second kappa shape index (κ2) is 17.5. The van der Waals surface area contributed by atoms with Gasteiger partial charge in [0.1, 0.15) is 0 Å². The molecule has 0 radical (unpaired) electrons. The van der Waals surface area contributed by atoms with E-state index in [2.05, 4.69) is 23.8 Å². The third kappa shape index (κ3) is 15.8. The Morgan fingerprint density at radius 1 is 0.913 bits per heavy atom. The molecular formula is C20H38O3. The van der Waals surface area contributed by atoms with Crippen LogP contribution < -0.4 is 0 Å². The minimum atomic E-state index is -0.0877. The molecular weight excluding hydrogens is 288 g/mol. The first-order chi connectivity index (χ1) is 11.2. The lowest BCUT2D eigenvalue weighted by molar-refractivity contribution is -0.140. The van der Waals surface area contributed by atoms with Crippen molar-refractivity contribution < 1.29 is 14.3 Å². The number of esters is 1. The highest BCUT2D eigenvalue weighted by atomic mass is 16.5. The van der Waals surface area contributed by atoms with E-state index in [-0.39, 0.29) is 5.97 Å². The van der Waals surface area contributed by atoms with Gasteiger partial charge in [-0.1, -0.05) is 64.0 Å². The van der Waals surface area contributed by atoms with E-state index in [0.29, 0.717) is 12.5 Å². The lowest BCUT2D eigenvalue weighted by Gasteiger charge is -2.12. The molecule has 0 heterocycles. The molecule has 0 rings (SSSR count). The van der Waals surface area contributed by atoms with Gasteiger partial charge in [-0.3, -0.25) is 4.79 Å². The van der Waals surface area contributed by atoms with Gasteiger partial charge in [0.2, 0.25) is 0 Å². The zero-order valence-corrected chi connectivity index (χ0v) is 15.6. The van der Waals surface area contributed by atoms with E-state index >= 15 is 0 Å². The molecule has 1 atom stereocenters. The van der Waals surface area contributed by atoms with E-state index in [1.54, 1.807) is 0 Å². The van der Waals surface area contributed by atoms with E-state index in [1.807, 2.05) is 7.11 Å². The molecule has 0 unspecified atom stereocenters. The number of hydrogen-bond donors (Lipinski definition) is 0. The Hall–Kier alpha value is -0.830. The Balaban J connectivity index is 3.42. The average Bonchev–Trinajstić information content (AvgIpc) is 2.57. The summed E-state index contributed by atoms with van der Waals surface area (Å²) in [5.74, 6) is -0.0877. The summed E-state index contributed by atoms with van der Waals surface area (Å²) >= 11 is 0. The van der Waals surface area contributed by atoms with Gasteiger partial charge in [0.05, 0.1) is 13.2 Å². The summed E-state index contributed by atoms with van der Waals surface area (Å²) in [5.41, 5.74) is 0. The highest BCUT2D eigenvalue weighted by Crippen LogP contribution is 2.12. The highest BCUT2D eigenvalue weighted by Gasteiger charge is 2.04. The van der Waals surface area contributed by atoms with E-state index in [9.17, 15) is 4.79 Å². The van der Waals surface area contributed by atoms with E-state index in [0.717, 1.165) is 25.7 Å². The van der Waals surface area contributed by atoms with E-state index in [4.69, 9.17) is 4.74 Å². The quantitative estimate of drug-likeness (QED) is 0.204. The molecule has 0 aliphatic carbocycles. The van der Waals surface area contributed by atoms with Crippen molar-refractivity contribution in [1.82, 2.24) is 0 Å². The normalized spacial score (nSPS) is 12.7. The van der Waals surface area contributed by atoms with Crippen LogP contribution in [0.5, 0.6) is 0 Å². The van der Waals surface area contributed by atoms with Crippen LogP contribution in [0.25, 0.3) is 0 Å². The Morgan fingerprint density at radius 3 is 2.30 bits per heavy atom. The van der Waals surface area contributed by atoms with Gasteiger partial charge in [0.15, 0.2) is 0 Å². The largest absolute Gasteiger partial charge is 0.469 e. The molecule has 0 N–H and O–H groups in total. The number of allylic oxidation sites excluding steroid dienone is 1. The van der Waals surface area contributed by atoms with Gasteiger partial charge >= 0.3 is 5.97 Å². The monoisotopic (exact) mass is 326 g/mol. The van der Waals surface area contributed by atoms with Crippen LogP contribution in [0.3, 0.4) is 0 Å². The molecule has 0 aromatic carbocycles. The Morgan fingerprint density at radius 2 is 1.61 bits per heavy atom. The molecule has 23 heavy (non-hydrogen) atoms. The highest BCUT2D eigenvalue weighted by molar-refractivity contribution is 5.68. The first kappa shape index (κ1) is 22.2. The van der Waals surface area contributed by atoms with Gasteiger partial charge in [-0.15, -0.1) is 0 Å². The van der Waals surface area contributed by atoms with Crippen LogP contribution in [-0.4, -0.2) is 26.3 Å². The summed E-state index contributed by atoms with van der Waals surface area (Å²) < 4.78 is 10.2. The maximum Gasteiger partial charge on any atom is 0.305 e. The SMILES string of the molecule is CCCCCC[C@H](C/C=C\CCCCCCCC(=O)OC)OC. The van der Waals surface area contributed by atoms with Crippen molar-refractivity contribution in [1.29, 1.82) is 0 Å². The molecule has 136 valence electrons. The van der Waals surface area contributed by atoms with Crippen molar-refractivity contribution in [3.05, 3.63) is 12.2 Å². The minimum absolute atomic E-state index is 0.0877. The van der Waals surface area contributed by atoms with Gasteiger partial charge < -0.3 is 9.47 Å². The van der Waals surface area contributed by atoms with Crippen molar-refractivity contribution in [3.8, 4) is 0 Å². The summed E-state index contributed by atoms with van der Waals surface area (Å²) in [7, 11) is 3.28. The summed E-state index contributed by atoms with van der Waals surface area (Å²) in [6, 6.07) is 0. The molecule has 0 fully saturated rings. The van der Waals surface area contributed by atoms with Gasteiger partial charge in [0, 0.05) is 13.5 Å². The number of carbonyl (C=O) groups excluding carboxylic acids is 1. The van der Waals surface area contributed by atoms with Crippen LogP contribution in [0.4, 0.5) is 0 Å². The maximum atomic E-state index is 11.0. The lowest BCUT2D eigenvalue weighted by Crippen LogP contribution is -2.08. The van der Waals surface area contributed by atoms with Crippen LogP contribution in [0.2, 0.25) is 0 Å². The zero-order valence-electron chi connectivity index (χ0n) is 15.6. The average molecular weight is 327 g/mol. The fraction of sp³-hybridized carbons (Fsp3) is 0.850. The van der Waals surface area contributed by atoms with Crippen LogP contribution >= 0.6 is 0 Å². The molecule has 0 spiro atoms. The van der Waals surface area contributed by atoms with Crippen molar-refractivity contribution in [2.24, 2.45) is 0 Å². The van der Waals surface area contributed by atoms with Gasteiger partial charge in [-0.05, 0) is 32.1 Å². The minimum Gasteiger partial charge on any atom is -0.469 e. The van der Waals surface area contributed by atoms with Gasteiger partial charge in [0.25, 0.3) is 0 Å². The topological polar surface area (TPSA) is 35.5 Å². The third-order valence-electron chi connectivity index (χ3n) is 4.26. The summed E-state index contributed by atoms with van der Waals surface area (Å²) in [6.07, 6.45) is 19.9. The predicted molar refractivity (Wildman–Crippen MR) is 97.6 cm³/mol.